The molecule has 32 valence electrons. The lowest BCUT2D eigenvalue weighted by Crippen LogP contribution is -1.56. The quantitative estimate of drug-likeness (QED) is 0.417. The Morgan fingerprint density at radius 3 is 2.50 bits per heavy atom. The van der Waals surface area contributed by atoms with Gasteiger partial charge in [0.25, 0.3) is 0 Å². The van der Waals surface area contributed by atoms with E-state index in [2.05, 4.69) is 4.99 Å². The van der Waals surface area contributed by atoms with E-state index >= 15 is 0 Å². The monoisotopic (exact) mass is 81.1 g/mol. The normalized spacial score (nSPS) is 11.7. The predicted molar refractivity (Wildman–Crippen MR) is 27.9 cm³/mol. The minimum atomic E-state index is 1.44. The van der Waals surface area contributed by atoms with E-state index in [1.54, 1.807) is 19.3 Å². The third kappa shape index (κ3) is 3.41. The summed E-state index contributed by atoms with van der Waals surface area (Å²) in [5.74, 6) is 0. The minimum absolute atomic E-state index is 1.44. The van der Waals surface area contributed by atoms with E-state index in [1.807, 2.05) is 0 Å². The van der Waals surface area contributed by atoms with Crippen LogP contribution in [0.3, 0.4) is 0 Å². The highest BCUT2D eigenvalue weighted by Crippen LogP contribution is 1.59. The minimum Gasteiger partial charge on any atom is -0.297 e. The summed E-state index contributed by atoms with van der Waals surface area (Å²) < 4.78 is 0. The van der Waals surface area contributed by atoms with Crippen molar-refractivity contribution in [3.05, 3.63) is 19.1 Å². The molecule has 0 aliphatic rings. The van der Waals surface area contributed by atoms with E-state index in [0.29, 0.717) is 0 Å². The third-order valence-corrected chi connectivity index (χ3v) is 0.346. The fourth-order valence-corrected chi connectivity index (χ4v) is 0.136. The Morgan fingerprint density at radius 2 is 2.33 bits per heavy atom. The molecule has 0 aromatic carbocycles. The molecule has 0 aromatic heterocycles. The van der Waals surface area contributed by atoms with Crippen LogP contribution in [-0.2, 0) is 0 Å². The number of nitrogens with zero attached hydrogens (tertiary/aromatic N) is 1. The second kappa shape index (κ2) is 4.41. The van der Waals surface area contributed by atoms with Gasteiger partial charge < -0.3 is 0 Å². The van der Waals surface area contributed by atoms with Crippen LogP contribution in [0.4, 0.5) is 0 Å². The highest BCUT2D eigenvalue weighted by molar-refractivity contribution is 5.70. The molecule has 0 saturated heterocycles. The van der Waals surface area contributed by atoms with Crippen LogP contribution in [-0.4, -0.2) is 13.3 Å². The zero-order valence-electron chi connectivity index (χ0n) is 3.76. The Bertz CT molecular complexity index is 52.3. The summed E-state index contributed by atoms with van der Waals surface area (Å²) in [6, 6.07) is 0. The van der Waals surface area contributed by atoms with Gasteiger partial charge in [-0.1, -0.05) is 6.08 Å². The first-order chi connectivity index (χ1) is 2.91. The summed E-state index contributed by atoms with van der Waals surface area (Å²) >= 11 is 0. The van der Waals surface area contributed by atoms with Crippen molar-refractivity contribution >= 4 is 6.21 Å². The topological polar surface area (TPSA) is 12.4 Å². The molecule has 1 nitrogen and oxygen atoms in total. The maximum Gasteiger partial charge on any atom is 0.0277 e. The average molecular weight is 81.1 g/mol. The second-order valence-electron chi connectivity index (χ2n) is 0.792. The van der Waals surface area contributed by atoms with Crippen molar-refractivity contribution in [3.63, 3.8) is 0 Å². The Balaban J connectivity index is 3.07. The van der Waals surface area contributed by atoms with E-state index in [9.17, 15) is 0 Å². The molecular weight excluding hydrogens is 74.1 g/mol. The predicted octanol–water partition coefficient (Wildman–Crippen LogP) is 0.954. The molecule has 0 spiro atoms. The Labute approximate surface area is 38.4 Å². The zero-order chi connectivity index (χ0) is 4.83. The summed E-state index contributed by atoms with van der Waals surface area (Å²) in [4.78, 5) is 3.63. The largest absolute Gasteiger partial charge is 0.297 e. The molecule has 0 rings (SSSR count). The maximum atomic E-state index is 4.94. The average Bonchev–Trinajstić information content (AvgIpc) is 1.61. The van der Waals surface area contributed by atoms with Gasteiger partial charge in [0, 0.05) is 13.3 Å². The van der Waals surface area contributed by atoms with Crippen LogP contribution in [0.1, 0.15) is 0 Å². The molecule has 1 heteroatoms. The Kier molecular flexibility index (Phi) is 3.98. The maximum absolute atomic E-state index is 4.94. The van der Waals surface area contributed by atoms with Gasteiger partial charge in [0.2, 0.25) is 0 Å². The van der Waals surface area contributed by atoms with Crippen molar-refractivity contribution in [1.29, 1.82) is 0 Å². The summed E-state index contributed by atoms with van der Waals surface area (Å²) in [6.07, 6.45) is 4.73. The van der Waals surface area contributed by atoms with Gasteiger partial charge in [-0.05, 0) is 13.0 Å². The van der Waals surface area contributed by atoms with Crippen LogP contribution in [0.5, 0.6) is 0 Å². The molecule has 0 heterocycles. The molecule has 0 aliphatic heterocycles. The molecule has 2 radical (unpaired) electrons. The van der Waals surface area contributed by atoms with E-state index in [1.165, 1.54) is 6.08 Å². The highest BCUT2D eigenvalue weighted by Gasteiger charge is 1.49. The first kappa shape index (κ1) is 5.41. The Hall–Kier alpha value is -0.590. The standard InChI is InChI=1S/C5H7N/c1-3-4-5-6-2/h1,3-5H,2H3. The van der Waals surface area contributed by atoms with Crippen LogP contribution >= 0.6 is 0 Å². The van der Waals surface area contributed by atoms with Crippen LogP contribution in [0.2, 0.25) is 0 Å². The van der Waals surface area contributed by atoms with Crippen LogP contribution in [0.15, 0.2) is 17.1 Å². The summed E-state index contributed by atoms with van der Waals surface area (Å²) in [6.45, 7) is 4.94. The van der Waals surface area contributed by atoms with Gasteiger partial charge in [-0.25, -0.2) is 0 Å². The summed E-state index contributed by atoms with van der Waals surface area (Å²) in [7, 11) is 1.69. The molecule has 6 heavy (non-hydrogen) atoms. The van der Waals surface area contributed by atoms with Gasteiger partial charge in [0.1, 0.15) is 0 Å². The van der Waals surface area contributed by atoms with Crippen LogP contribution in [0, 0.1) is 6.92 Å². The number of rotatable bonds is 1. The van der Waals surface area contributed by atoms with E-state index in [0.717, 1.165) is 0 Å². The van der Waals surface area contributed by atoms with Crippen LogP contribution < -0.4 is 0 Å². The molecule has 0 saturated carbocycles. The van der Waals surface area contributed by atoms with Crippen molar-refractivity contribution in [2.75, 3.05) is 7.05 Å². The molecule has 0 aliphatic carbocycles. The van der Waals surface area contributed by atoms with Crippen molar-refractivity contribution in [1.82, 2.24) is 0 Å². The van der Waals surface area contributed by atoms with Gasteiger partial charge in [-0.15, -0.1) is 0 Å². The van der Waals surface area contributed by atoms with E-state index in [-0.39, 0.29) is 0 Å². The fraction of sp³-hybridized carbons (Fsp3) is 0.200. The highest BCUT2D eigenvalue weighted by atomic mass is 14.6. The van der Waals surface area contributed by atoms with Crippen LogP contribution in [0.25, 0.3) is 0 Å². The number of aliphatic imine (C=N–C) groups is 1. The van der Waals surface area contributed by atoms with Gasteiger partial charge >= 0.3 is 0 Å². The Morgan fingerprint density at radius 1 is 1.67 bits per heavy atom. The fourth-order valence-electron chi connectivity index (χ4n) is 0.136. The molecule has 0 fully saturated rings. The van der Waals surface area contributed by atoms with Gasteiger partial charge in [-0.2, -0.15) is 0 Å². The van der Waals surface area contributed by atoms with Crippen molar-refractivity contribution in [2.24, 2.45) is 4.99 Å². The number of hydrogen-bond acceptors (Lipinski definition) is 1. The van der Waals surface area contributed by atoms with E-state index in [4.69, 9.17) is 6.92 Å². The molecule has 0 bridgehead atoms. The first-order valence-corrected chi connectivity index (χ1v) is 1.71. The van der Waals surface area contributed by atoms with Gasteiger partial charge in [0.05, 0.1) is 0 Å². The lowest BCUT2D eigenvalue weighted by molar-refractivity contribution is 1.48. The van der Waals surface area contributed by atoms with E-state index < -0.39 is 0 Å². The molecule has 0 amide bonds. The molecular formula is C5H7N. The number of allylic oxidation sites excluding steroid dienone is 2. The summed E-state index contributed by atoms with van der Waals surface area (Å²) in [5.41, 5.74) is 0. The first-order valence-electron chi connectivity index (χ1n) is 1.71. The lowest BCUT2D eigenvalue weighted by Gasteiger charge is -1.63. The summed E-state index contributed by atoms with van der Waals surface area (Å²) in [5, 5.41) is 0. The second-order valence-corrected chi connectivity index (χ2v) is 0.792. The van der Waals surface area contributed by atoms with Crippen molar-refractivity contribution in [3.8, 4) is 0 Å². The lowest BCUT2D eigenvalue weighted by atomic mass is 10.6. The smallest absolute Gasteiger partial charge is 0.0277 e. The molecule has 0 atom stereocenters. The molecule has 0 unspecified atom stereocenters. The SMILES string of the molecule is [CH]C=CC=NC. The molecule has 0 N–H and O–H groups in total. The van der Waals surface area contributed by atoms with Gasteiger partial charge in [-0.3, -0.25) is 4.99 Å². The third-order valence-electron chi connectivity index (χ3n) is 0.346. The van der Waals surface area contributed by atoms with Crippen molar-refractivity contribution in [2.45, 2.75) is 0 Å². The zero-order valence-corrected chi connectivity index (χ0v) is 3.76. The van der Waals surface area contributed by atoms with Crippen molar-refractivity contribution < 1.29 is 0 Å². The number of hydrogen-bond donors (Lipinski definition) is 0. The van der Waals surface area contributed by atoms with Gasteiger partial charge in [0.15, 0.2) is 0 Å². The molecule has 0 aromatic rings.